The minimum atomic E-state index is -0.337. The Kier molecular flexibility index (Phi) is 6.77. The summed E-state index contributed by atoms with van der Waals surface area (Å²) >= 11 is 0. The highest BCUT2D eigenvalue weighted by Crippen LogP contribution is 2.19. The third-order valence-electron chi connectivity index (χ3n) is 6.09. The summed E-state index contributed by atoms with van der Waals surface area (Å²) in [7, 11) is 0. The van der Waals surface area contributed by atoms with Crippen molar-refractivity contribution in [2.24, 2.45) is 0 Å². The molecule has 5 rings (SSSR count). The molecule has 0 saturated carbocycles. The minimum absolute atomic E-state index is 0.00347. The molecular weight excluding hydrogens is 440 g/mol. The number of ether oxygens (including phenoxy) is 1. The molecule has 2 aromatic heterocycles. The molecule has 2 aromatic carbocycles. The number of benzene rings is 2. The quantitative estimate of drug-likeness (QED) is 0.433. The normalized spacial score (nSPS) is 16.3. The van der Waals surface area contributed by atoms with Gasteiger partial charge in [-0.3, -0.25) is 19.6 Å². The number of carbonyl (C=O) groups excluding carboxylic acids is 2. The zero-order valence-corrected chi connectivity index (χ0v) is 19.3. The molecule has 0 bridgehead atoms. The summed E-state index contributed by atoms with van der Waals surface area (Å²) in [5, 5.41) is 0.884. The Morgan fingerprint density at radius 1 is 0.943 bits per heavy atom. The molecular formula is C28H26N4O3. The third-order valence-corrected chi connectivity index (χ3v) is 6.09. The van der Waals surface area contributed by atoms with E-state index in [1.807, 2.05) is 66.7 Å². The second kappa shape index (κ2) is 10.4. The summed E-state index contributed by atoms with van der Waals surface area (Å²) in [5.74, 6) is -0.294. The number of pyridine rings is 2. The van der Waals surface area contributed by atoms with Crippen LogP contribution in [0, 0.1) is 0 Å². The Balaban J connectivity index is 1.38. The number of fused-ring (bicyclic) bond motifs is 1. The second-order valence-electron chi connectivity index (χ2n) is 8.65. The van der Waals surface area contributed by atoms with Gasteiger partial charge in [0.2, 0.25) is 5.91 Å². The first-order valence-corrected chi connectivity index (χ1v) is 11.6. The van der Waals surface area contributed by atoms with Gasteiger partial charge in [-0.1, -0.05) is 42.5 Å². The van der Waals surface area contributed by atoms with E-state index in [4.69, 9.17) is 4.74 Å². The lowest BCUT2D eigenvalue weighted by Crippen LogP contribution is -2.39. The first kappa shape index (κ1) is 22.7. The van der Waals surface area contributed by atoms with Crippen LogP contribution in [0.5, 0.6) is 0 Å². The molecule has 1 aliphatic rings. The first-order chi connectivity index (χ1) is 17.2. The van der Waals surface area contributed by atoms with Crippen LogP contribution in [0.3, 0.4) is 0 Å². The zero-order chi connectivity index (χ0) is 24.0. The average molecular weight is 467 g/mol. The van der Waals surface area contributed by atoms with Gasteiger partial charge in [-0.25, -0.2) is 0 Å². The molecule has 1 aliphatic heterocycles. The number of rotatable bonds is 6. The Morgan fingerprint density at radius 3 is 2.60 bits per heavy atom. The molecule has 1 fully saturated rings. The highest BCUT2D eigenvalue weighted by Gasteiger charge is 2.31. The number of hydrogen-bond donors (Lipinski definition) is 0. The van der Waals surface area contributed by atoms with Crippen LogP contribution in [0.25, 0.3) is 10.9 Å². The number of hydrogen-bond acceptors (Lipinski definition) is 5. The number of amides is 2. The Bertz CT molecular complexity index is 1310. The van der Waals surface area contributed by atoms with Crippen LogP contribution in [0.1, 0.15) is 21.5 Å². The fraction of sp³-hybridized carbons (Fsp3) is 0.214. The predicted octanol–water partition coefficient (Wildman–Crippen LogP) is 3.70. The molecule has 176 valence electrons. The van der Waals surface area contributed by atoms with Crippen molar-refractivity contribution >= 4 is 22.7 Å². The van der Waals surface area contributed by atoms with E-state index < -0.39 is 0 Å². The molecule has 7 nitrogen and oxygen atoms in total. The summed E-state index contributed by atoms with van der Waals surface area (Å²) in [6, 6.07) is 22.9. The largest absolute Gasteiger partial charge is 0.370 e. The van der Waals surface area contributed by atoms with Gasteiger partial charge in [0.15, 0.2) is 0 Å². The van der Waals surface area contributed by atoms with Crippen LogP contribution in [-0.4, -0.2) is 57.3 Å². The fourth-order valence-corrected chi connectivity index (χ4v) is 4.28. The molecule has 0 aliphatic carbocycles. The highest BCUT2D eigenvalue weighted by molar-refractivity contribution is 5.99. The Hall–Kier alpha value is -4.10. The SMILES string of the molecule is O=C1CN(C(=O)c2ccc3ncccc3c2)CC(OCc2cccnc2)CN1Cc1ccccc1. The smallest absolute Gasteiger partial charge is 0.254 e. The maximum atomic E-state index is 13.5. The van der Waals surface area contributed by atoms with Crippen molar-refractivity contribution in [2.45, 2.75) is 19.3 Å². The number of carbonyl (C=O) groups is 2. The van der Waals surface area contributed by atoms with E-state index in [0.717, 1.165) is 22.0 Å². The number of nitrogens with zero attached hydrogens (tertiary/aromatic N) is 4. The summed E-state index contributed by atoms with van der Waals surface area (Å²) in [6.07, 6.45) is 4.87. The summed E-state index contributed by atoms with van der Waals surface area (Å²) in [6.45, 7) is 1.55. The summed E-state index contributed by atoms with van der Waals surface area (Å²) in [4.78, 5) is 38.6. The topological polar surface area (TPSA) is 75.6 Å². The van der Waals surface area contributed by atoms with E-state index in [0.29, 0.717) is 31.8 Å². The molecule has 35 heavy (non-hydrogen) atoms. The third kappa shape index (κ3) is 5.53. The van der Waals surface area contributed by atoms with Gasteiger partial charge in [0.25, 0.3) is 5.91 Å². The van der Waals surface area contributed by atoms with Crippen molar-refractivity contribution < 1.29 is 14.3 Å². The van der Waals surface area contributed by atoms with Crippen molar-refractivity contribution in [1.82, 2.24) is 19.8 Å². The van der Waals surface area contributed by atoms with Crippen LogP contribution in [0.2, 0.25) is 0 Å². The van der Waals surface area contributed by atoms with Crippen LogP contribution < -0.4 is 0 Å². The lowest BCUT2D eigenvalue weighted by molar-refractivity contribution is -0.132. The molecule has 1 saturated heterocycles. The first-order valence-electron chi connectivity index (χ1n) is 11.6. The van der Waals surface area contributed by atoms with Crippen LogP contribution >= 0.6 is 0 Å². The van der Waals surface area contributed by atoms with Crippen LogP contribution in [0.15, 0.2) is 91.4 Å². The van der Waals surface area contributed by atoms with Gasteiger partial charge in [0.1, 0.15) is 6.54 Å². The van der Waals surface area contributed by atoms with E-state index in [-0.39, 0.29) is 24.5 Å². The van der Waals surface area contributed by atoms with E-state index in [9.17, 15) is 9.59 Å². The lowest BCUT2D eigenvalue weighted by Gasteiger charge is -2.25. The van der Waals surface area contributed by atoms with Crippen LogP contribution in [-0.2, 0) is 22.7 Å². The van der Waals surface area contributed by atoms with Crippen molar-refractivity contribution in [3.05, 3.63) is 108 Å². The van der Waals surface area contributed by atoms with E-state index in [1.165, 1.54) is 0 Å². The molecule has 4 aromatic rings. The van der Waals surface area contributed by atoms with Gasteiger partial charge in [-0.05, 0) is 41.5 Å². The second-order valence-corrected chi connectivity index (χ2v) is 8.65. The van der Waals surface area contributed by atoms with E-state index >= 15 is 0 Å². The maximum Gasteiger partial charge on any atom is 0.254 e. The molecule has 0 spiro atoms. The van der Waals surface area contributed by atoms with Crippen molar-refractivity contribution in [1.29, 1.82) is 0 Å². The van der Waals surface area contributed by atoms with Gasteiger partial charge < -0.3 is 14.5 Å². The van der Waals surface area contributed by atoms with Gasteiger partial charge in [-0.2, -0.15) is 0 Å². The zero-order valence-electron chi connectivity index (χ0n) is 19.3. The Labute approximate surface area is 204 Å². The predicted molar refractivity (Wildman–Crippen MR) is 132 cm³/mol. The standard InChI is InChI=1S/C28H26N4O3/c33-27-19-32(28(34)24-10-11-26-23(14-24)9-5-13-30-26)18-25(35-20-22-8-4-12-29-15-22)17-31(27)16-21-6-2-1-3-7-21/h1-15,25H,16-20H2. The number of aromatic nitrogens is 2. The lowest BCUT2D eigenvalue weighted by atomic mass is 10.1. The monoisotopic (exact) mass is 466 g/mol. The van der Waals surface area contributed by atoms with E-state index in [2.05, 4.69) is 9.97 Å². The maximum absolute atomic E-state index is 13.5. The average Bonchev–Trinajstić information content (AvgIpc) is 3.06. The minimum Gasteiger partial charge on any atom is -0.370 e. The van der Waals surface area contributed by atoms with Crippen molar-refractivity contribution in [3.8, 4) is 0 Å². The van der Waals surface area contributed by atoms with E-state index in [1.54, 1.807) is 34.5 Å². The molecule has 1 unspecified atom stereocenters. The molecule has 2 amide bonds. The molecule has 3 heterocycles. The molecule has 1 atom stereocenters. The van der Waals surface area contributed by atoms with Gasteiger partial charge >= 0.3 is 0 Å². The van der Waals surface area contributed by atoms with Gasteiger partial charge in [-0.15, -0.1) is 0 Å². The fourth-order valence-electron chi connectivity index (χ4n) is 4.28. The molecule has 0 N–H and O–H groups in total. The van der Waals surface area contributed by atoms with Crippen molar-refractivity contribution in [2.75, 3.05) is 19.6 Å². The Morgan fingerprint density at radius 2 is 1.77 bits per heavy atom. The van der Waals surface area contributed by atoms with Crippen molar-refractivity contribution in [3.63, 3.8) is 0 Å². The summed E-state index contributed by atoms with van der Waals surface area (Å²) < 4.78 is 6.21. The molecule has 7 heteroatoms. The molecule has 0 radical (unpaired) electrons. The van der Waals surface area contributed by atoms with Gasteiger partial charge in [0, 0.05) is 49.2 Å². The highest BCUT2D eigenvalue weighted by atomic mass is 16.5. The van der Waals surface area contributed by atoms with Gasteiger partial charge in [0.05, 0.1) is 18.2 Å². The van der Waals surface area contributed by atoms with Crippen LogP contribution in [0.4, 0.5) is 0 Å². The summed E-state index contributed by atoms with van der Waals surface area (Å²) in [5.41, 5.74) is 3.33.